The molecule has 1 atom stereocenters. The molecule has 0 saturated heterocycles. The average Bonchev–Trinajstić information content (AvgIpc) is 3.19. The van der Waals surface area contributed by atoms with Crippen molar-refractivity contribution in [3.63, 3.8) is 0 Å². The van der Waals surface area contributed by atoms with E-state index in [1.54, 1.807) is 6.26 Å². The van der Waals surface area contributed by atoms with Gasteiger partial charge in [-0.3, -0.25) is 4.21 Å². The van der Waals surface area contributed by atoms with Crippen molar-refractivity contribution in [2.24, 2.45) is 0 Å². The molecular weight excluding hydrogens is 352 g/mol. The topological polar surface area (TPSA) is 57.9 Å². The van der Waals surface area contributed by atoms with E-state index in [4.69, 9.17) is 4.18 Å². The fraction of sp³-hybridized carbons (Fsp3) is 0.158. The Bertz CT molecular complexity index is 1080. The van der Waals surface area contributed by atoms with Crippen LogP contribution >= 0.6 is 12.0 Å². The van der Waals surface area contributed by atoms with Gasteiger partial charge < -0.3 is 14.2 Å². The van der Waals surface area contributed by atoms with Gasteiger partial charge in [-0.1, -0.05) is 0 Å². The highest BCUT2D eigenvalue weighted by atomic mass is 32.2. The molecule has 0 saturated carbocycles. The molecule has 128 valence electrons. The van der Waals surface area contributed by atoms with Crippen LogP contribution in [0.15, 0.2) is 53.7 Å². The van der Waals surface area contributed by atoms with E-state index in [-0.39, 0.29) is 0 Å². The van der Waals surface area contributed by atoms with Gasteiger partial charge in [0, 0.05) is 68.8 Å². The third-order valence-corrected chi connectivity index (χ3v) is 5.65. The standard InChI is InChI=1S/C19H18N2O2S2/c1-24-23-14-3-5-18-16(8-14)12(10-20-18)7-13-11-21-19-6-4-15(25(2)22)9-17(13)19/h3-6,8-11,20-21H,7H2,1-2H3. The van der Waals surface area contributed by atoms with E-state index in [2.05, 4.69) is 16.0 Å². The fourth-order valence-electron chi connectivity index (χ4n) is 3.14. The smallest absolute Gasteiger partial charge is 0.138 e. The zero-order chi connectivity index (χ0) is 17.4. The number of hydrogen-bond acceptors (Lipinski definition) is 3. The van der Waals surface area contributed by atoms with E-state index in [9.17, 15) is 4.21 Å². The average molecular weight is 370 g/mol. The molecule has 6 heteroatoms. The molecule has 0 fully saturated rings. The Labute approximate surface area is 152 Å². The van der Waals surface area contributed by atoms with E-state index >= 15 is 0 Å². The molecule has 2 heterocycles. The van der Waals surface area contributed by atoms with Crippen LogP contribution in [0.4, 0.5) is 0 Å². The van der Waals surface area contributed by atoms with Crippen molar-refractivity contribution in [3.05, 3.63) is 59.9 Å². The lowest BCUT2D eigenvalue weighted by atomic mass is 10.0. The van der Waals surface area contributed by atoms with E-state index < -0.39 is 10.8 Å². The van der Waals surface area contributed by atoms with Gasteiger partial charge in [0.05, 0.1) is 12.0 Å². The molecule has 1 unspecified atom stereocenters. The van der Waals surface area contributed by atoms with Gasteiger partial charge in [-0.2, -0.15) is 0 Å². The molecule has 0 amide bonds. The van der Waals surface area contributed by atoms with Crippen LogP contribution in [0.2, 0.25) is 0 Å². The Balaban J connectivity index is 1.76. The number of hydrogen-bond donors (Lipinski definition) is 2. The first-order valence-electron chi connectivity index (χ1n) is 7.90. The van der Waals surface area contributed by atoms with Crippen LogP contribution in [0, 0.1) is 0 Å². The molecule has 0 bridgehead atoms. The van der Waals surface area contributed by atoms with Crippen LogP contribution in [0.3, 0.4) is 0 Å². The lowest BCUT2D eigenvalue weighted by Crippen LogP contribution is -1.89. The van der Waals surface area contributed by atoms with Gasteiger partial charge in [-0.25, -0.2) is 0 Å². The largest absolute Gasteiger partial charge is 0.426 e. The number of fused-ring (bicyclic) bond motifs is 2. The molecule has 4 nitrogen and oxygen atoms in total. The van der Waals surface area contributed by atoms with Crippen molar-refractivity contribution in [3.8, 4) is 5.75 Å². The maximum atomic E-state index is 11.8. The zero-order valence-electron chi connectivity index (χ0n) is 14.0. The van der Waals surface area contributed by atoms with E-state index in [0.717, 1.165) is 38.9 Å². The van der Waals surface area contributed by atoms with Gasteiger partial charge in [-0.05, 0) is 47.5 Å². The summed E-state index contributed by atoms with van der Waals surface area (Å²) >= 11 is 1.34. The van der Waals surface area contributed by atoms with Gasteiger partial charge in [0.25, 0.3) is 0 Å². The minimum atomic E-state index is -0.983. The molecule has 0 aliphatic carbocycles. The van der Waals surface area contributed by atoms with Crippen LogP contribution < -0.4 is 4.18 Å². The Morgan fingerprint density at radius 3 is 2.28 bits per heavy atom. The first kappa shape index (κ1) is 16.3. The molecule has 0 aliphatic heterocycles. The van der Waals surface area contributed by atoms with Crippen LogP contribution in [0.1, 0.15) is 11.1 Å². The third-order valence-electron chi connectivity index (χ3n) is 4.37. The van der Waals surface area contributed by atoms with Crippen molar-refractivity contribution in [1.82, 2.24) is 9.97 Å². The summed E-state index contributed by atoms with van der Waals surface area (Å²) < 4.78 is 17.3. The maximum absolute atomic E-state index is 11.8. The quantitative estimate of drug-likeness (QED) is 0.503. The molecule has 2 N–H and O–H groups in total. The summed E-state index contributed by atoms with van der Waals surface area (Å²) in [7, 11) is -0.983. The van der Waals surface area contributed by atoms with Gasteiger partial charge in [0.1, 0.15) is 5.75 Å². The van der Waals surface area contributed by atoms with Crippen LogP contribution in [-0.2, 0) is 17.2 Å². The van der Waals surface area contributed by atoms with Gasteiger partial charge in [0.15, 0.2) is 0 Å². The first-order chi connectivity index (χ1) is 12.2. The highest BCUT2D eigenvalue weighted by Crippen LogP contribution is 2.29. The predicted molar refractivity (Wildman–Crippen MR) is 106 cm³/mol. The van der Waals surface area contributed by atoms with Crippen molar-refractivity contribution in [2.45, 2.75) is 11.3 Å². The lowest BCUT2D eigenvalue weighted by molar-refractivity contribution is 0.651. The molecule has 25 heavy (non-hydrogen) atoms. The molecule has 0 spiro atoms. The summed E-state index contributed by atoms with van der Waals surface area (Å²) in [5.74, 6) is 0.850. The number of aromatic amines is 2. The highest BCUT2D eigenvalue weighted by Gasteiger charge is 2.11. The van der Waals surface area contributed by atoms with Crippen LogP contribution in [-0.4, -0.2) is 26.7 Å². The minimum Gasteiger partial charge on any atom is -0.426 e. The summed E-state index contributed by atoms with van der Waals surface area (Å²) in [4.78, 5) is 7.49. The number of nitrogens with one attached hydrogen (secondary N) is 2. The van der Waals surface area contributed by atoms with Crippen molar-refractivity contribution < 1.29 is 8.39 Å². The Morgan fingerprint density at radius 2 is 1.64 bits per heavy atom. The Hall–Kier alpha value is -2.18. The fourth-order valence-corrected chi connectivity index (χ4v) is 3.98. The van der Waals surface area contributed by atoms with Crippen LogP contribution in [0.25, 0.3) is 21.8 Å². The molecule has 2 aromatic heterocycles. The monoisotopic (exact) mass is 370 g/mol. The van der Waals surface area contributed by atoms with Crippen molar-refractivity contribution in [1.29, 1.82) is 0 Å². The maximum Gasteiger partial charge on any atom is 0.138 e. The Morgan fingerprint density at radius 1 is 1.00 bits per heavy atom. The van der Waals surface area contributed by atoms with Gasteiger partial charge >= 0.3 is 0 Å². The number of rotatable bonds is 5. The van der Waals surface area contributed by atoms with E-state index in [0.29, 0.717) is 0 Å². The van der Waals surface area contributed by atoms with Crippen LogP contribution in [0.5, 0.6) is 5.75 Å². The minimum absolute atomic E-state index is 0.794. The number of H-pyrrole nitrogens is 2. The molecule has 0 radical (unpaired) electrons. The summed E-state index contributed by atoms with van der Waals surface area (Å²) in [5, 5.41) is 2.29. The van der Waals surface area contributed by atoms with Crippen molar-refractivity contribution in [2.75, 3.05) is 12.5 Å². The number of aromatic nitrogens is 2. The molecule has 4 rings (SSSR count). The summed E-state index contributed by atoms with van der Waals surface area (Å²) in [6, 6.07) is 12.0. The summed E-state index contributed by atoms with van der Waals surface area (Å²) in [6.45, 7) is 0. The molecular formula is C19H18N2O2S2. The highest BCUT2D eigenvalue weighted by molar-refractivity contribution is 7.94. The number of benzene rings is 2. The second kappa shape index (κ2) is 6.61. The van der Waals surface area contributed by atoms with E-state index in [1.165, 1.54) is 23.2 Å². The summed E-state index contributed by atoms with van der Waals surface area (Å²) in [6.07, 6.45) is 8.49. The van der Waals surface area contributed by atoms with E-state index in [1.807, 2.05) is 49.0 Å². The second-order valence-electron chi connectivity index (χ2n) is 5.92. The summed E-state index contributed by atoms with van der Waals surface area (Å²) in [5.41, 5.74) is 4.57. The Kier molecular flexibility index (Phi) is 4.31. The normalized spacial score (nSPS) is 12.7. The third kappa shape index (κ3) is 3.07. The van der Waals surface area contributed by atoms with Crippen molar-refractivity contribution >= 4 is 44.6 Å². The van der Waals surface area contributed by atoms with Gasteiger partial charge in [-0.15, -0.1) is 0 Å². The lowest BCUT2D eigenvalue weighted by Gasteiger charge is -2.03. The SMILES string of the molecule is CSOc1ccc2[nH]cc(Cc3c[nH]c4ccc(S(C)=O)cc34)c2c1. The van der Waals surface area contributed by atoms with Gasteiger partial charge in [0.2, 0.25) is 0 Å². The second-order valence-corrected chi connectivity index (χ2v) is 7.80. The zero-order valence-corrected chi connectivity index (χ0v) is 15.6. The molecule has 2 aromatic carbocycles. The predicted octanol–water partition coefficient (Wildman–Crippen LogP) is 4.63. The molecule has 0 aliphatic rings. The molecule has 4 aromatic rings. The first-order valence-corrected chi connectivity index (χ1v) is 10.6.